The van der Waals surface area contributed by atoms with E-state index in [0.29, 0.717) is 6.61 Å². The van der Waals surface area contributed by atoms with Crippen LogP contribution in [0.3, 0.4) is 0 Å². The lowest BCUT2D eigenvalue weighted by molar-refractivity contribution is -0.147. The summed E-state index contributed by atoms with van der Waals surface area (Å²) in [7, 11) is 0. The molecule has 0 saturated carbocycles. The molecule has 0 aromatic heterocycles. The predicted octanol–water partition coefficient (Wildman–Crippen LogP) is 3.76. The summed E-state index contributed by atoms with van der Waals surface area (Å²) in [6.07, 6.45) is 3.15. The summed E-state index contributed by atoms with van der Waals surface area (Å²) in [4.78, 5) is 11.3. The van der Waals surface area contributed by atoms with Crippen LogP contribution in [0.25, 0.3) is 0 Å². The second-order valence-corrected chi connectivity index (χ2v) is 6.06. The molecular formula is C18H29NO2. The molecule has 0 unspecified atom stereocenters. The van der Waals surface area contributed by atoms with Crippen molar-refractivity contribution in [3.8, 4) is 0 Å². The fourth-order valence-corrected chi connectivity index (χ4v) is 2.27. The molecule has 0 aliphatic carbocycles. The molecule has 0 aliphatic rings. The first kappa shape index (κ1) is 17.7. The van der Waals surface area contributed by atoms with Crippen molar-refractivity contribution in [1.29, 1.82) is 0 Å². The zero-order valence-electron chi connectivity index (χ0n) is 13.9. The van der Waals surface area contributed by atoms with Gasteiger partial charge in [-0.05, 0) is 45.2 Å². The van der Waals surface area contributed by atoms with Gasteiger partial charge in [-0.25, -0.2) is 0 Å². The van der Waals surface area contributed by atoms with Crippen molar-refractivity contribution in [2.75, 3.05) is 13.2 Å². The number of ether oxygens (including phenoxy) is 1. The van der Waals surface area contributed by atoms with Gasteiger partial charge in [-0.2, -0.15) is 0 Å². The van der Waals surface area contributed by atoms with E-state index in [2.05, 4.69) is 37.4 Å². The van der Waals surface area contributed by atoms with E-state index < -0.39 is 0 Å². The van der Waals surface area contributed by atoms with Gasteiger partial charge in [0.05, 0.1) is 12.5 Å². The number of nitrogens with one attached hydrogen (secondary N) is 1. The van der Waals surface area contributed by atoms with Gasteiger partial charge in [0.2, 0.25) is 0 Å². The second kappa shape index (κ2) is 9.56. The van der Waals surface area contributed by atoms with E-state index in [1.54, 1.807) is 0 Å². The van der Waals surface area contributed by atoms with Crippen LogP contribution >= 0.6 is 0 Å². The van der Waals surface area contributed by atoms with Crippen molar-refractivity contribution in [2.24, 2.45) is 5.92 Å². The van der Waals surface area contributed by atoms with Gasteiger partial charge in [0, 0.05) is 6.54 Å². The molecule has 3 heteroatoms. The number of aryl methyl sites for hydroxylation is 2. The minimum atomic E-state index is -0.0945. The largest absolute Gasteiger partial charge is 0.465 e. The van der Waals surface area contributed by atoms with Crippen molar-refractivity contribution in [3.05, 3.63) is 34.9 Å². The molecule has 0 aliphatic heterocycles. The van der Waals surface area contributed by atoms with Crippen LogP contribution in [0.5, 0.6) is 0 Å². The molecule has 0 amide bonds. The molecule has 0 bridgehead atoms. The number of esters is 1. The van der Waals surface area contributed by atoms with E-state index in [9.17, 15) is 4.79 Å². The molecule has 0 fully saturated rings. The molecule has 0 radical (unpaired) electrons. The summed E-state index contributed by atoms with van der Waals surface area (Å²) in [6.45, 7) is 10.5. The van der Waals surface area contributed by atoms with Gasteiger partial charge in [0.15, 0.2) is 0 Å². The van der Waals surface area contributed by atoms with E-state index in [4.69, 9.17) is 4.74 Å². The quantitative estimate of drug-likeness (QED) is 0.556. The third-order valence-electron chi connectivity index (χ3n) is 3.32. The standard InChI is InChI=1S/C18H29NO2/c1-14(2)18(20)21-9-7-5-6-8-19-13-17-11-15(3)10-16(4)12-17/h10-12,14,19H,5-9,13H2,1-4H3. The smallest absolute Gasteiger partial charge is 0.308 e. The highest BCUT2D eigenvalue weighted by molar-refractivity contribution is 5.71. The lowest BCUT2D eigenvalue weighted by atomic mass is 10.1. The molecule has 1 aromatic carbocycles. The number of carbonyl (C=O) groups excluding carboxylic acids is 1. The highest BCUT2D eigenvalue weighted by atomic mass is 16.5. The minimum absolute atomic E-state index is 0.0237. The lowest BCUT2D eigenvalue weighted by Gasteiger charge is -2.08. The number of carbonyl (C=O) groups is 1. The zero-order chi connectivity index (χ0) is 15.7. The third-order valence-corrected chi connectivity index (χ3v) is 3.32. The first-order valence-corrected chi connectivity index (χ1v) is 7.93. The van der Waals surface area contributed by atoms with Crippen LogP contribution in [0.4, 0.5) is 0 Å². The topological polar surface area (TPSA) is 38.3 Å². The number of hydrogen-bond donors (Lipinski definition) is 1. The van der Waals surface area contributed by atoms with Crippen molar-refractivity contribution < 1.29 is 9.53 Å². The Morgan fingerprint density at radius 3 is 2.38 bits per heavy atom. The second-order valence-electron chi connectivity index (χ2n) is 6.06. The zero-order valence-corrected chi connectivity index (χ0v) is 13.9. The highest BCUT2D eigenvalue weighted by Gasteiger charge is 2.06. The van der Waals surface area contributed by atoms with Crippen LogP contribution < -0.4 is 5.32 Å². The Morgan fingerprint density at radius 2 is 1.76 bits per heavy atom. The molecule has 1 rings (SSSR count). The molecular weight excluding hydrogens is 262 g/mol. The summed E-state index contributed by atoms with van der Waals surface area (Å²) in [5, 5.41) is 3.47. The summed E-state index contributed by atoms with van der Waals surface area (Å²) < 4.78 is 5.15. The predicted molar refractivity (Wildman–Crippen MR) is 87.3 cm³/mol. The maximum atomic E-state index is 11.3. The Bertz CT molecular complexity index is 421. The first-order chi connectivity index (χ1) is 9.99. The molecule has 118 valence electrons. The van der Waals surface area contributed by atoms with Crippen LogP contribution in [0.15, 0.2) is 18.2 Å². The third kappa shape index (κ3) is 7.86. The Balaban J connectivity index is 2.03. The van der Waals surface area contributed by atoms with Gasteiger partial charge < -0.3 is 10.1 Å². The van der Waals surface area contributed by atoms with E-state index in [1.165, 1.54) is 16.7 Å². The van der Waals surface area contributed by atoms with Crippen LogP contribution in [-0.4, -0.2) is 19.1 Å². The normalized spacial score (nSPS) is 10.9. The highest BCUT2D eigenvalue weighted by Crippen LogP contribution is 2.08. The summed E-state index contributed by atoms with van der Waals surface area (Å²) in [5.74, 6) is -0.118. The SMILES string of the molecule is Cc1cc(C)cc(CNCCCCCOC(=O)C(C)C)c1. The molecule has 21 heavy (non-hydrogen) atoms. The van der Waals surface area contributed by atoms with Crippen LogP contribution in [0, 0.1) is 19.8 Å². The van der Waals surface area contributed by atoms with Gasteiger partial charge in [0.25, 0.3) is 0 Å². The van der Waals surface area contributed by atoms with Gasteiger partial charge in [-0.1, -0.05) is 43.2 Å². The first-order valence-electron chi connectivity index (χ1n) is 7.93. The van der Waals surface area contributed by atoms with E-state index in [1.807, 2.05) is 13.8 Å². The van der Waals surface area contributed by atoms with Crippen LogP contribution in [-0.2, 0) is 16.1 Å². The Labute approximate surface area is 129 Å². The minimum Gasteiger partial charge on any atom is -0.465 e. The number of hydrogen-bond acceptors (Lipinski definition) is 3. The molecule has 0 spiro atoms. The fourth-order valence-electron chi connectivity index (χ4n) is 2.27. The monoisotopic (exact) mass is 291 g/mol. The van der Waals surface area contributed by atoms with E-state index >= 15 is 0 Å². The number of rotatable bonds is 9. The van der Waals surface area contributed by atoms with E-state index in [-0.39, 0.29) is 11.9 Å². The van der Waals surface area contributed by atoms with E-state index in [0.717, 1.165) is 32.4 Å². The molecule has 0 saturated heterocycles. The van der Waals surface area contributed by atoms with Gasteiger partial charge >= 0.3 is 5.97 Å². The average molecular weight is 291 g/mol. The van der Waals surface area contributed by atoms with Crippen molar-refractivity contribution in [3.63, 3.8) is 0 Å². The molecule has 1 N–H and O–H groups in total. The number of benzene rings is 1. The Hall–Kier alpha value is -1.35. The molecule has 0 atom stereocenters. The summed E-state index contributed by atoms with van der Waals surface area (Å²) in [5.41, 5.74) is 3.98. The Kier molecular flexibility index (Phi) is 8.06. The van der Waals surface area contributed by atoms with Crippen LogP contribution in [0.1, 0.15) is 49.8 Å². The van der Waals surface area contributed by atoms with Gasteiger partial charge in [-0.3, -0.25) is 4.79 Å². The summed E-state index contributed by atoms with van der Waals surface area (Å²) >= 11 is 0. The van der Waals surface area contributed by atoms with Gasteiger partial charge in [0.1, 0.15) is 0 Å². The van der Waals surface area contributed by atoms with Crippen molar-refractivity contribution in [1.82, 2.24) is 5.32 Å². The molecule has 0 heterocycles. The number of unbranched alkanes of at least 4 members (excludes halogenated alkanes) is 2. The fraction of sp³-hybridized carbons (Fsp3) is 0.611. The lowest BCUT2D eigenvalue weighted by Crippen LogP contribution is -2.15. The average Bonchev–Trinajstić information content (AvgIpc) is 2.40. The van der Waals surface area contributed by atoms with Crippen molar-refractivity contribution in [2.45, 2.75) is 53.5 Å². The molecule has 3 nitrogen and oxygen atoms in total. The van der Waals surface area contributed by atoms with Crippen molar-refractivity contribution >= 4 is 5.97 Å². The maximum Gasteiger partial charge on any atom is 0.308 e. The van der Waals surface area contributed by atoms with Gasteiger partial charge in [-0.15, -0.1) is 0 Å². The maximum absolute atomic E-state index is 11.3. The van der Waals surface area contributed by atoms with Crippen LogP contribution in [0.2, 0.25) is 0 Å². The molecule has 1 aromatic rings. The summed E-state index contributed by atoms with van der Waals surface area (Å²) in [6, 6.07) is 6.65. The Morgan fingerprint density at radius 1 is 1.10 bits per heavy atom.